The number of amides is 1. The fourth-order valence-corrected chi connectivity index (χ4v) is 3.81. The summed E-state index contributed by atoms with van der Waals surface area (Å²) in [5.74, 6) is 1.24. The summed E-state index contributed by atoms with van der Waals surface area (Å²) < 4.78 is 7.06. The normalized spacial score (nSPS) is 13.8. The molecule has 9 heteroatoms. The van der Waals surface area contributed by atoms with Gasteiger partial charge in [-0.05, 0) is 37.8 Å². The quantitative estimate of drug-likeness (QED) is 0.665. The minimum atomic E-state index is -0.114. The van der Waals surface area contributed by atoms with Crippen LogP contribution in [0.4, 0.5) is 0 Å². The fraction of sp³-hybridized carbons (Fsp3) is 0.375. The van der Waals surface area contributed by atoms with E-state index in [4.69, 9.17) is 4.42 Å². The first-order valence-corrected chi connectivity index (χ1v) is 9.12. The Morgan fingerprint density at radius 1 is 1.36 bits per heavy atom. The van der Waals surface area contributed by atoms with Crippen molar-refractivity contribution in [2.45, 2.75) is 37.4 Å². The highest BCUT2D eigenvalue weighted by Gasteiger charge is 2.20. The maximum Gasteiger partial charge on any atom is 0.255 e. The number of carbonyl (C=O) groups excluding carboxylic acids is 1. The molecule has 0 fully saturated rings. The Balaban J connectivity index is 1.50. The molecule has 0 aromatic carbocycles. The number of hydrogen-bond donors (Lipinski definition) is 2. The van der Waals surface area contributed by atoms with E-state index in [1.54, 1.807) is 12.3 Å². The maximum atomic E-state index is 12.1. The molecule has 0 unspecified atom stereocenters. The molecule has 0 radical (unpaired) electrons. The Kier molecular flexibility index (Phi) is 4.31. The number of thioether (sulfide) groups is 1. The van der Waals surface area contributed by atoms with Gasteiger partial charge in [0.2, 0.25) is 11.7 Å². The van der Waals surface area contributed by atoms with E-state index in [0.29, 0.717) is 23.2 Å². The first kappa shape index (κ1) is 15.9. The average molecular weight is 359 g/mol. The van der Waals surface area contributed by atoms with Gasteiger partial charge < -0.3 is 9.73 Å². The van der Waals surface area contributed by atoms with Gasteiger partial charge in [-0.25, -0.2) is 0 Å². The van der Waals surface area contributed by atoms with Crippen LogP contribution in [0.1, 0.15) is 29.9 Å². The van der Waals surface area contributed by atoms with Gasteiger partial charge in [-0.1, -0.05) is 11.8 Å². The summed E-state index contributed by atoms with van der Waals surface area (Å²) >= 11 is 1.31. The number of carbonyl (C=O) groups is 1. The van der Waals surface area contributed by atoms with Gasteiger partial charge in [-0.3, -0.25) is 19.0 Å². The highest BCUT2D eigenvalue weighted by Crippen LogP contribution is 2.23. The number of nitrogens with one attached hydrogen (secondary N) is 2. The first-order chi connectivity index (χ1) is 12.2. The number of rotatable bonds is 5. The van der Waals surface area contributed by atoms with E-state index in [9.17, 15) is 9.59 Å². The third-order valence-electron chi connectivity index (χ3n) is 4.21. The van der Waals surface area contributed by atoms with Crippen LogP contribution >= 0.6 is 11.8 Å². The molecule has 0 bridgehead atoms. The zero-order chi connectivity index (χ0) is 17.2. The lowest BCUT2D eigenvalue weighted by molar-refractivity contribution is -0.118. The lowest BCUT2D eigenvalue weighted by Gasteiger charge is -2.16. The van der Waals surface area contributed by atoms with Crippen LogP contribution in [0.15, 0.2) is 32.8 Å². The van der Waals surface area contributed by atoms with Crippen molar-refractivity contribution in [3.63, 3.8) is 0 Å². The summed E-state index contributed by atoms with van der Waals surface area (Å²) in [5, 5.41) is 11.6. The summed E-state index contributed by atoms with van der Waals surface area (Å²) in [5.41, 5.74) is 1.69. The van der Waals surface area contributed by atoms with Crippen LogP contribution in [0, 0.1) is 0 Å². The van der Waals surface area contributed by atoms with E-state index in [1.807, 2.05) is 10.5 Å². The van der Waals surface area contributed by atoms with Crippen molar-refractivity contribution in [2.75, 3.05) is 5.75 Å². The smallest absolute Gasteiger partial charge is 0.255 e. The molecule has 1 amide bonds. The molecule has 3 aromatic heterocycles. The van der Waals surface area contributed by atoms with Crippen molar-refractivity contribution in [2.24, 2.45) is 0 Å². The molecule has 25 heavy (non-hydrogen) atoms. The monoisotopic (exact) mass is 359 g/mol. The number of aromatic nitrogens is 4. The number of aryl methyl sites for hydroxylation is 1. The molecule has 3 heterocycles. The Hall–Kier alpha value is -2.55. The second-order valence-electron chi connectivity index (χ2n) is 5.87. The van der Waals surface area contributed by atoms with Crippen LogP contribution in [0.2, 0.25) is 0 Å². The molecule has 0 saturated heterocycles. The van der Waals surface area contributed by atoms with Crippen molar-refractivity contribution in [3.8, 4) is 0 Å². The highest BCUT2D eigenvalue weighted by molar-refractivity contribution is 7.99. The third kappa shape index (κ3) is 3.19. The molecule has 0 aliphatic heterocycles. The Morgan fingerprint density at radius 2 is 2.24 bits per heavy atom. The molecule has 0 saturated carbocycles. The summed E-state index contributed by atoms with van der Waals surface area (Å²) in [7, 11) is 0. The van der Waals surface area contributed by atoms with Gasteiger partial charge in [0.1, 0.15) is 5.76 Å². The highest BCUT2D eigenvalue weighted by atomic mass is 32.2. The molecule has 2 N–H and O–H groups in total. The number of aromatic amines is 1. The molecule has 4 rings (SSSR count). The Morgan fingerprint density at radius 3 is 3.08 bits per heavy atom. The second-order valence-corrected chi connectivity index (χ2v) is 6.82. The zero-order valence-corrected chi connectivity index (χ0v) is 14.3. The molecule has 0 atom stereocenters. The fourth-order valence-electron chi connectivity index (χ4n) is 3.03. The summed E-state index contributed by atoms with van der Waals surface area (Å²) in [6.07, 6.45) is 5.22. The number of hydrogen-bond acceptors (Lipinski definition) is 6. The van der Waals surface area contributed by atoms with Gasteiger partial charge in [0.05, 0.1) is 18.6 Å². The number of H-pyrrole nitrogens is 1. The predicted molar refractivity (Wildman–Crippen MR) is 91.5 cm³/mol. The van der Waals surface area contributed by atoms with Crippen molar-refractivity contribution in [1.82, 2.24) is 24.9 Å². The summed E-state index contributed by atoms with van der Waals surface area (Å²) in [6.45, 7) is 0.357. The van der Waals surface area contributed by atoms with E-state index >= 15 is 0 Å². The van der Waals surface area contributed by atoms with E-state index in [-0.39, 0.29) is 17.2 Å². The molecule has 8 nitrogen and oxygen atoms in total. The van der Waals surface area contributed by atoms with Crippen molar-refractivity contribution < 1.29 is 9.21 Å². The van der Waals surface area contributed by atoms with Crippen LogP contribution in [-0.2, 0) is 24.2 Å². The standard InChI is InChI=1S/C16H17N5O3S/c22-13(17-8-10-4-3-7-24-10)9-25-16-20-19-15-18-14(23)11-5-1-2-6-12(11)21(15)16/h3-4,7H,1-2,5-6,8-9H2,(H,17,22)(H,18,19,23). The van der Waals surface area contributed by atoms with Gasteiger partial charge in [0, 0.05) is 11.3 Å². The minimum absolute atomic E-state index is 0.0812. The molecule has 0 spiro atoms. The van der Waals surface area contributed by atoms with Crippen LogP contribution in [-0.4, -0.2) is 31.2 Å². The SMILES string of the molecule is O=C(CSc1nnc2[nH]c(=O)c3c(n12)CCCC3)NCc1ccco1. The summed E-state index contributed by atoms with van der Waals surface area (Å²) in [4.78, 5) is 26.9. The molecule has 3 aromatic rings. The van der Waals surface area contributed by atoms with E-state index in [0.717, 1.165) is 36.9 Å². The van der Waals surface area contributed by atoms with Gasteiger partial charge in [-0.2, -0.15) is 0 Å². The second kappa shape index (κ2) is 6.75. The van der Waals surface area contributed by atoms with Crippen LogP contribution in [0.25, 0.3) is 5.78 Å². The lowest BCUT2D eigenvalue weighted by Crippen LogP contribution is -2.25. The van der Waals surface area contributed by atoms with Crippen molar-refractivity contribution in [1.29, 1.82) is 0 Å². The van der Waals surface area contributed by atoms with Gasteiger partial charge in [-0.15, -0.1) is 10.2 Å². The number of furan rings is 1. The molecule has 1 aliphatic rings. The van der Waals surface area contributed by atoms with Crippen LogP contribution in [0.3, 0.4) is 0 Å². The third-order valence-corrected chi connectivity index (χ3v) is 5.14. The molecular formula is C16H17N5O3S. The van der Waals surface area contributed by atoms with E-state index in [1.165, 1.54) is 11.8 Å². The topological polar surface area (TPSA) is 105 Å². The van der Waals surface area contributed by atoms with Gasteiger partial charge in [0.15, 0.2) is 5.16 Å². The summed E-state index contributed by atoms with van der Waals surface area (Å²) in [6, 6.07) is 3.59. The lowest BCUT2D eigenvalue weighted by atomic mass is 9.97. The van der Waals surface area contributed by atoms with Gasteiger partial charge >= 0.3 is 0 Å². The molecule has 1 aliphatic carbocycles. The van der Waals surface area contributed by atoms with E-state index < -0.39 is 0 Å². The predicted octanol–water partition coefficient (Wildman–Crippen LogP) is 1.30. The Labute approximate surface area is 147 Å². The average Bonchev–Trinajstić information content (AvgIpc) is 3.28. The largest absolute Gasteiger partial charge is 0.467 e. The van der Waals surface area contributed by atoms with Crippen molar-refractivity contribution in [3.05, 3.63) is 45.8 Å². The molecule has 130 valence electrons. The van der Waals surface area contributed by atoms with Gasteiger partial charge in [0.25, 0.3) is 5.56 Å². The minimum Gasteiger partial charge on any atom is -0.467 e. The zero-order valence-electron chi connectivity index (χ0n) is 13.4. The number of fused-ring (bicyclic) bond motifs is 3. The molecular weight excluding hydrogens is 342 g/mol. The first-order valence-electron chi connectivity index (χ1n) is 8.13. The van der Waals surface area contributed by atoms with E-state index in [2.05, 4.69) is 20.5 Å². The Bertz CT molecular complexity index is 960. The van der Waals surface area contributed by atoms with Crippen LogP contribution < -0.4 is 10.9 Å². The maximum absolute atomic E-state index is 12.1. The van der Waals surface area contributed by atoms with Crippen molar-refractivity contribution >= 4 is 23.4 Å². The number of nitrogens with zero attached hydrogens (tertiary/aromatic N) is 3. The van der Waals surface area contributed by atoms with Crippen LogP contribution in [0.5, 0.6) is 0 Å².